The molecule has 1 aliphatic rings. The fraction of sp³-hybridized carbons (Fsp3) is 0.909. The molecule has 0 aromatic heterocycles. The van der Waals surface area contributed by atoms with E-state index in [9.17, 15) is 4.79 Å². The van der Waals surface area contributed by atoms with Crippen LogP contribution >= 0.6 is 11.8 Å². The molecule has 0 radical (unpaired) electrons. The molecule has 1 saturated heterocycles. The predicted molar refractivity (Wildman–Crippen MR) is 70.0 cm³/mol. The Labute approximate surface area is 103 Å². The van der Waals surface area contributed by atoms with Crippen molar-refractivity contribution in [2.75, 3.05) is 65.4 Å². The van der Waals surface area contributed by atoms with Gasteiger partial charge in [0.2, 0.25) is 5.91 Å². The zero-order valence-electron chi connectivity index (χ0n) is 10.6. The van der Waals surface area contributed by atoms with E-state index in [1.807, 2.05) is 4.90 Å². The zero-order valence-corrected chi connectivity index (χ0v) is 11.4. The van der Waals surface area contributed by atoms with Crippen LogP contribution in [-0.2, 0) is 4.79 Å². The number of piperazine rings is 1. The molecule has 0 aromatic rings. The minimum atomic E-state index is 0.303. The lowest BCUT2D eigenvalue weighted by Gasteiger charge is -2.32. The molecule has 1 fully saturated rings. The van der Waals surface area contributed by atoms with E-state index < -0.39 is 0 Å². The van der Waals surface area contributed by atoms with Gasteiger partial charge in [0.1, 0.15) is 0 Å². The van der Waals surface area contributed by atoms with E-state index in [-0.39, 0.29) is 0 Å². The van der Waals surface area contributed by atoms with E-state index in [1.54, 1.807) is 11.8 Å². The second-order valence-electron chi connectivity index (χ2n) is 4.54. The summed E-state index contributed by atoms with van der Waals surface area (Å²) in [6, 6.07) is 0. The molecule has 0 unspecified atom stereocenters. The molecular weight excluding hydrogens is 222 g/mol. The summed E-state index contributed by atoms with van der Waals surface area (Å²) in [7, 11) is 6.22. The minimum Gasteiger partial charge on any atom is -0.339 e. The quantitative estimate of drug-likeness (QED) is 0.640. The monoisotopic (exact) mass is 245 g/mol. The fourth-order valence-corrected chi connectivity index (χ4v) is 2.55. The first-order valence-corrected chi connectivity index (χ1v) is 6.94. The Bertz CT molecular complexity index is 215. The van der Waals surface area contributed by atoms with Crippen LogP contribution in [0, 0.1) is 0 Å². The summed E-state index contributed by atoms with van der Waals surface area (Å²) in [6.45, 7) is 4.84. The first-order chi connectivity index (χ1) is 7.59. The van der Waals surface area contributed by atoms with E-state index in [0.29, 0.717) is 11.7 Å². The minimum absolute atomic E-state index is 0.303. The van der Waals surface area contributed by atoms with Gasteiger partial charge in [-0.15, -0.1) is 0 Å². The van der Waals surface area contributed by atoms with Gasteiger partial charge in [0.05, 0.1) is 5.75 Å². The van der Waals surface area contributed by atoms with Crippen LogP contribution in [0.2, 0.25) is 0 Å². The molecule has 0 spiro atoms. The van der Waals surface area contributed by atoms with Crippen molar-refractivity contribution in [2.24, 2.45) is 0 Å². The SMILES string of the molecule is CN(C)CCSCC(=O)N1CCN(C)CC1. The Morgan fingerprint density at radius 2 is 1.88 bits per heavy atom. The number of carbonyl (C=O) groups excluding carboxylic acids is 1. The van der Waals surface area contributed by atoms with Crippen molar-refractivity contribution < 1.29 is 4.79 Å². The Balaban J connectivity index is 2.10. The van der Waals surface area contributed by atoms with Crippen LogP contribution in [-0.4, -0.2) is 86.0 Å². The van der Waals surface area contributed by atoms with Crippen molar-refractivity contribution >= 4 is 17.7 Å². The van der Waals surface area contributed by atoms with Crippen LogP contribution in [0.25, 0.3) is 0 Å². The normalized spacial score (nSPS) is 18.1. The van der Waals surface area contributed by atoms with Crippen LogP contribution in [0.3, 0.4) is 0 Å². The van der Waals surface area contributed by atoms with Crippen LogP contribution in [0.15, 0.2) is 0 Å². The summed E-state index contributed by atoms with van der Waals surface area (Å²) in [4.78, 5) is 18.2. The summed E-state index contributed by atoms with van der Waals surface area (Å²) in [5.74, 6) is 1.97. The van der Waals surface area contributed by atoms with Gasteiger partial charge < -0.3 is 14.7 Å². The number of hydrogen-bond acceptors (Lipinski definition) is 4. The van der Waals surface area contributed by atoms with Crippen molar-refractivity contribution in [3.63, 3.8) is 0 Å². The second-order valence-corrected chi connectivity index (χ2v) is 5.65. The van der Waals surface area contributed by atoms with Gasteiger partial charge in [-0.05, 0) is 21.1 Å². The van der Waals surface area contributed by atoms with Gasteiger partial charge in [0.15, 0.2) is 0 Å². The maximum atomic E-state index is 11.8. The maximum Gasteiger partial charge on any atom is 0.232 e. The van der Waals surface area contributed by atoms with E-state index in [4.69, 9.17) is 0 Å². The molecule has 0 bridgehead atoms. The molecule has 1 rings (SSSR count). The second kappa shape index (κ2) is 7.14. The molecule has 1 heterocycles. The van der Waals surface area contributed by atoms with Crippen molar-refractivity contribution in [3.05, 3.63) is 0 Å². The van der Waals surface area contributed by atoms with Crippen molar-refractivity contribution in [1.82, 2.24) is 14.7 Å². The fourth-order valence-electron chi connectivity index (χ4n) is 1.55. The van der Waals surface area contributed by atoms with Gasteiger partial charge >= 0.3 is 0 Å². The number of thioether (sulfide) groups is 1. The third kappa shape index (κ3) is 5.18. The van der Waals surface area contributed by atoms with Gasteiger partial charge in [-0.2, -0.15) is 11.8 Å². The molecule has 1 amide bonds. The number of nitrogens with zero attached hydrogens (tertiary/aromatic N) is 3. The van der Waals surface area contributed by atoms with Gasteiger partial charge in [-0.1, -0.05) is 0 Å². The zero-order chi connectivity index (χ0) is 12.0. The van der Waals surface area contributed by atoms with E-state index in [1.165, 1.54) is 0 Å². The summed E-state index contributed by atoms with van der Waals surface area (Å²) in [6.07, 6.45) is 0. The highest BCUT2D eigenvalue weighted by Crippen LogP contribution is 2.05. The van der Waals surface area contributed by atoms with Crippen molar-refractivity contribution in [2.45, 2.75) is 0 Å². The molecule has 0 N–H and O–H groups in total. The number of carbonyl (C=O) groups is 1. The highest BCUT2D eigenvalue weighted by Gasteiger charge is 2.18. The highest BCUT2D eigenvalue weighted by atomic mass is 32.2. The number of amides is 1. The van der Waals surface area contributed by atoms with Crippen LogP contribution in [0.4, 0.5) is 0 Å². The Morgan fingerprint density at radius 1 is 1.25 bits per heavy atom. The lowest BCUT2D eigenvalue weighted by Crippen LogP contribution is -2.47. The largest absolute Gasteiger partial charge is 0.339 e. The molecule has 4 nitrogen and oxygen atoms in total. The Hall–Kier alpha value is -0.260. The molecule has 0 atom stereocenters. The average Bonchev–Trinajstić information content (AvgIpc) is 2.25. The van der Waals surface area contributed by atoms with Crippen LogP contribution < -0.4 is 0 Å². The summed E-state index contributed by atoms with van der Waals surface area (Å²) >= 11 is 1.74. The van der Waals surface area contributed by atoms with Crippen LogP contribution in [0.5, 0.6) is 0 Å². The third-order valence-electron chi connectivity index (χ3n) is 2.76. The molecule has 0 saturated carbocycles. The standard InChI is InChI=1S/C11H23N3OS/c1-12(2)8-9-16-10-11(15)14-6-4-13(3)5-7-14/h4-10H2,1-3H3. The summed E-state index contributed by atoms with van der Waals surface area (Å²) in [5, 5.41) is 0. The predicted octanol–water partition coefficient (Wildman–Crippen LogP) is 0.0552. The number of likely N-dealkylation sites (N-methyl/N-ethyl adjacent to an activating group) is 1. The first-order valence-electron chi connectivity index (χ1n) is 5.78. The van der Waals surface area contributed by atoms with Crippen molar-refractivity contribution in [3.8, 4) is 0 Å². The van der Waals surface area contributed by atoms with E-state index >= 15 is 0 Å². The molecule has 0 aromatic carbocycles. The van der Waals surface area contributed by atoms with E-state index in [0.717, 1.165) is 38.5 Å². The average molecular weight is 245 g/mol. The molecule has 5 heteroatoms. The number of rotatable bonds is 5. The molecule has 94 valence electrons. The topological polar surface area (TPSA) is 26.8 Å². The smallest absolute Gasteiger partial charge is 0.232 e. The summed E-state index contributed by atoms with van der Waals surface area (Å²) < 4.78 is 0. The van der Waals surface area contributed by atoms with Crippen molar-refractivity contribution in [1.29, 1.82) is 0 Å². The highest BCUT2D eigenvalue weighted by molar-refractivity contribution is 7.99. The number of hydrogen-bond donors (Lipinski definition) is 0. The first kappa shape index (κ1) is 13.8. The van der Waals surface area contributed by atoms with E-state index in [2.05, 4.69) is 30.9 Å². The van der Waals surface area contributed by atoms with Crippen LogP contribution in [0.1, 0.15) is 0 Å². The molecular formula is C11H23N3OS. The molecule has 16 heavy (non-hydrogen) atoms. The Morgan fingerprint density at radius 3 is 2.44 bits per heavy atom. The van der Waals surface area contributed by atoms with Gasteiger partial charge in [-0.25, -0.2) is 0 Å². The lowest BCUT2D eigenvalue weighted by atomic mass is 10.3. The lowest BCUT2D eigenvalue weighted by molar-refractivity contribution is -0.129. The van der Waals surface area contributed by atoms with Gasteiger partial charge in [-0.3, -0.25) is 4.79 Å². The summed E-state index contributed by atoms with van der Waals surface area (Å²) in [5.41, 5.74) is 0. The Kier molecular flexibility index (Phi) is 6.16. The molecule has 1 aliphatic heterocycles. The van der Waals surface area contributed by atoms with Gasteiger partial charge in [0.25, 0.3) is 0 Å². The molecule has 0 aliphatic carbocycles. The third-order valence-corrected chi connectivity index (χ3v) is 3.69. The maximum absolute atomic E-state index is 11.8. The van der Waals surface area contributed by atoms with Gasteiger partial charge in [0, 0.05) is 38.5 Å².